The summed E-state index contributed by atoms with van der Waals surface area (Å²) in [6, 6.07) is 7.14. The van der Waals surface area contributed by atoms with Gasteiger partial charge in [0.2, 0.25) is 0 Å². The lowest BCUT2D eigenvalue weighted by Gasteiger charge is -2.25. The van der Waals surface area contributed by atoms with Crippen LogP contribution in [0.15, 0.2) is 18.2 Å². The van der Waals surface area contributed by atoms with Crippen LogP contribution in [0.5, 0.6) is 0 Å². The van der Waals surface area contributed by atoms with Crippen molar-refractivity contribution in [3.05, 3.63) is 34.9 Å². The minimum atomic E-state index is -0.239. The number of carbonyl (C=O) groups excluding carboxylic acids is 1. The van der Waals surface area contributed by atoms with Gasteiger partial charge in [0.25, 0.3) is 0 Å². The van der Waals surface area contributed by atoms with Crippen molar-refractivity contribution in [3.8, 4) is 0 Å². The fourth-order valence-corrected chi connectivity index (χ4v) is 4.60. The minimum Gasteiger partial charge on any atom is -0.447 e. The first-order chi connectivity index (χ1) is 10.7. The largest absolute Gasteiger partial charge is 0.447 e. The maximum atomic E-state index is 11.4. The molecule has 0 bridgehead atoms. The number of amides is 1. The quantitative estimate of drug-likeness (QED) is 0.898. The summed E-state index contributed by atoms with van der Waals surface area (Å²) in [4.78, 5) is 11.4. The summed E-state index contributed by atoms with van der Waals surface area (Å²) in [6.07, 6.45) is 8.10. The Morgan fingerprint density at radius 1 is 1.32 bits per heavy atom. The van der Waals surface area contributed by atoms with Crippen molar-refractivity contribution in [2.24, 2.45) is 5.92 Å². The molecule has 1 N–H and O–H groups in total. The highest BCUT2D eigenvalue weighted by atomic mass is 16.6. The van der Waals surface area contributed by atoms with Gasteiger partial charge in [0, 0.05) is 0 Å². The van der Waals surface area contributed by atoms with Crippen molar-refractivity contribution in [1.82, 2.24) is 5.32 Å². The Kier molecular flexibility index (Phi) is 3.39. The zero-order chi connectivity index (χ0) is 15.2. The maximum Gasteiger partial charge on any atom is 0.407 e. The van der Waals surface area contributed by atoms with Crippen LogP contribution in [0.25, 0.3) is 0 Å². The van der Waals surface area contributed by atoms with Crippen LogP contribution in [0, 0.1) is 5.92 Å². The van der Waals surface area contributed by atoms with Crippen molar-refractivity contribution in [2.75, 3.05) is 6.61 Å². The first kappa shape index (κ1) is 14.1. The fraction of sp³-hybridized carbons (Fsp3) is 0.632. The third-order valence-corrected chi connectivity index (χ3v) is 6.06. The number of aryl methyl sites for hydroxylation is 1. The van der Waals surface area contributed by atoms with Gasteiger partial charge in [-0.15, -0.1) is 0 Å². The predicted molar refractivity (Wildman–Crippen MR) is 86.1 cm³/mol. The monoisotopic (exact) mass is 299 g/mol. The van der Waals surface area contributed by atoms with Crippen LogP contribution in [0.3, 0.4) is 0 Å². The molecule has 22 heavy (non-hydrogen) atoms. The molecule has 3 atom stereocenters. The Hall–Kier alpha value is -1.51. The van der Waals surface area contributed by atoms with Crippen molar-refractivity contribution in [1.29, 1.82) is 0 Å². The number of cyclic esters (lactones) is 1. The van der Waals surface area contributed by atoms with E-state index in [1.807, 2.05) is 0 Å². The smallest absolute Gasteiger partial charge is 0.407 e. The van der Waals surface area contributed by atoms with E-state index in [0.29, 0.717) is 12.5 Å². The topological polar surface area (TPSA) is 38.3 Å². The zero-order valence-electron chi connectivity index (χ0n) is 13.4. The van der Waals surface area contributed by atoms with E-state index in [-0.39, 0.29) is 11.6 Å². The molecule has 1 unspecified atom stereocenters. The molecule has 2 aliphatic carbocycles. The van der Waals surface area contributed by atoms with Crippen LogP contribution in [-0.2, 0) is 17.6 Å². The van der Waals surface area contributed by atoms with Crippen LogP contribution in [0.2, 0.25) is 0 Å². The third kappa shape index (κ3) is 2.41. The summed E-state index contributed by atoms with van der Waals surface area (Å²) in [5.41, 5.74) is 4.50. The maximum absolute atomic E-state index is 11.4. The Balaban J connectivity index is 1.51. The molecule has 1 spiro atoms. The summed E-state index contributed by atoms with van der Waals surface area (Å²) >= 11 is 0. The second-order valence-corrected chi connectivity index (χ2v) is 7.47. The molecule has 3 nitrogen and oxygen atoms in total. The first-order valence-electron chi connectivity index (χ1n) is 8.74. The SMILES string of the molecule is CCC1CCc2cc([C@@H]3CC[C@]4(COC(=O)N4)C3)ccc2C1. The highest BCUT2D eigenvalue weighted by molar-refractivity contribution is 5.70. The molecule has 1 saturated carbocycles. The minimum absolute atomic E-state index is 0.0923. The van der Waals surface area contributed by atoms with Crippen molar-refractivity contribution in [2.45, 2.75) is 63.3 Å². The molecule has 2 fully saturated rings. The van der Waals surface area contributed by atoms with E-state index in [4.69, 9.17) is 4.74 Å². The number of alkyl carbamates (subject to hydrolysis) is 1. The van der Waals surface area contributed by atoms with E-state index in [1.165, 1.54) is 31.2 Å². The number of hydrogen-bond acceptors (Lipinski definition) is 2. The summed E-state index contributed by atoms with van der Waals surface area (Å²) in [5.74, 6) is 1.44. The molecule has 4 rings (SSSR count). The van der Waals surface area contributed by atoms with Crippen LogP contribution in [-0.4, -0.2) is 18.2 Å². The fourth-order valence-electron chi connectivity index (χ4n) is 4.60. The van der Waals surface area contributed by atoms with E-state index < -0.39 is 0 Å². The standard InChI is InChI=1S/C19H25NO2/c1-2-13-3-4-15-10-16(6-5-14(15)9-13)17-7-8-19(11-17)12-22-18(21)20-19/h5-6,10,13,17H,2-4,7-9,11-12H2,1H3,(H,20,21)/t13?,17-,19-/m1/s1. The number of ether oxygens (including phenoxy) is 1. The van der Waals surface area contributed by atoms with Gasteiger partial charge >= 0.3 is 6.09 Å². The lowest BCUT2D eigenvalue weighted by Crippen LogP contribution is -2.40. The van der Waals surface area contributed by atoms with Crippen LogP contribution >= 0.6 is 0 Å². The number of benzene rings is 1. The molecule has 3 aliphatic rings. The van der Waals surface area contributed by atoms with E-state index >= 15 is 0 Å². The second-order valence-electron chi connectivity index (χ2n) is 7.47. The number of rotatable bonds is 2. The molecule has 1 aromatic carbocycles. The second kappa shape index (κ2) is 5.29. The van der Waals surface area contributed by atoms with Gasteiger partial charge in [-0.05, 0) is 67.1 Å². The third-order valence-electron chi connectivity index (χ3n) is 6.06. The van der Waals surface area contributed by atoms with E-state index in [0.717, 1.165) is 25.2 Å². The summed E-state index contributed by atoms with van der Waals surface area (Å²) in [7, 11) is 0. The van der Waals surface area contributed by atoms with Gasteiger partial charge < -0.3 is 10.1 Å². The van der Waals surface area contributed by atoms with Gasteiger partial charge in [-0.3, -0.25) is 0 Å². The molecular formula is C19H25NO2. The highest BCUT2D eigenvalue weighted by Gasteiger charge is 2.46. The molecule has 118 valence electrons. The van der Waals surface area contributed by atoms with Crippen LogP contribution < -0.4 is 5.32 Å². The van der Waals surface area contributed by atoms with Crippen LogP contribution in [0.1, 0.15) is 61.6 Å². The summed E-state index contributed by atoms with van der Waals surface area (Å²) in [6.45, 7) is 2.85. The van der Waals surface area contributed by atoms with Crippen molar-refractivity contribution >= 4 is 6.09 Å². The molecular weight excluding hydrogens is 274 g/mol. The van der Waals surface area contributed by atoms with E-state index in [1.54, 1.807) is 11.1 Å². The van der Waals surface area contributed by atoms with E-state index in [2.05, 4.69) is 30.4 Å². The number of fused-ring (bicyclic) bond motifs is 1. The number of nitrogens with one attached hydrogen (secondary N) is 1. The van der Waals surface area contributed by atoms with Crippen molar-refractivity contribution < 1.29 is 9.53 Å². The summed E-state index contributed by atoms with van der Waals surface area (Å²) in [5, 5.41) is 3.04. The molecule has 1 heterocycles. The zero-order valence-corrected chi connectivity index (χ0v) is 13.4. The lowest BCUT2D eigenvalue weighted by molar-refractivity contribution is 0.172. The van der Waals surface area contributed by atoms with Gasteiger partial charge in [0.15, 0.2) is 0 Å². The molecule has 0 aromatic heterocycles. The van der Waals surface area contributed by atoms with Gasteiger partial charge in [-0.2, -0.15) is 0 Å². The molecule has 1 aromatic rings. The molecule has 1 aliphatic heterocycles. The van der Waals surface area contributed by atoms with Gasteiger partial charge in [-0.1, -0.05) is 31.5 Å². The Bertz CT molecular complexity index is 597. The van der Waals surface area contributed by atoms with Crippen molar-refractivity contribution in [3.63, 3.8) is 0 Å². The average molecular weight is 299 g/mol. The van der Waals surface area contributed by atoms with Gasteiger partial charge in [0.05, 0.1) is 5.54 Å². The van der Waals surface area contributed by atoms with Gasteiger partial charge in [0.1, 0.15) is 6.61 Å². The van der Waals surface area contributed by atoms with Crippen LogP contribution in [0.4, 0.5) is 4.79 Å². The average Bonchev–Trinajstić information content (AvgIpc) is 3.13. The normalized spacial score (nSPS) is 33.6. The Morgan fingerprint density at radius 3 is 3.00 bits per heavy atom. The highest BCUT2D eigenvalue weighted by Crippen LogP contribution is 2.43. The van der Waals surface area contributed by atoms with E-state index in [9.17, 15) is 4.79 Å². The summed E-state index contributed by atoms with van der Waals surface area (Å²) < 4.78 is 5.14. The Morgan fingerprint density at radius 2 is 2.23 bits per heavy atom. The Labute approximate surface area is 132 Å². The predicted octanol–water partition coefficient (Wildman–Crippen LogP) is 3.95. The first-order valence-corrected chi connectivity index (χ1v) is 8.74. The van der Waals surface area contributed by atoms with Gasteiger partial charge in [-0.25, -0.2) is 4.79 Å². The number of hydrogen-bond donors (Lipinski definition) is 1. The lowest BCUT2D eigenvalue weighted by atomic mass is 9.80. The molecule has 0 radical (unpaired) electrons. The number of carbonyl (C=O) groups is 1. The molecule has 3 heteroatoms. The molecule has 1 amide bonds. The molecule has 1 saturated heterocycles.